The van der Waals surface area contributed by atoms with Gasteiger partial charge in [-0.1, -0.05) is 20.4 Å². The highest BCUT2D eigenvalue weighted by Gasteiger charge is 2.27. The highest BCUT2D eigenvalue weighted by molar-refractivity contribution is 9.11. The summed E-state index contributed by atoms with van der Waals surface area (Å²) in [5.74, 6) is 0.983. The fourth-order valence-corrected chi connectivity index (χ4v) is 5.67. The largest absolute Gasteiger partial charge is 0.494 e. The van der Waals surface area contributed by atoms with E-state index < -0.39 is 5.97 Å². The van der Waals surface area contributed by atoms with Crippen LogP contribution in [0.5, 0.6) is 11.5 Å². The number of hydrogen-bond acceptors (Lipinski definition) is 4. The highest BCUT2D eigenvalue weighted by atomic mass is 79.9. The molecule has 0 aliphatic rings. The van der Waals surface area contributed by atoms with Gasteiger partial charge in [0.15, 0.2) is 0 Å². The van der Waals surface area contributed by atoms with Gasteiger partial charge in [-0.3, -0.25) is 0 Å². The Balaban J connectivity index is 2.25. The summed E-state index contributed by atoms with van der Waals surface area (Å²) < 4.78 is 19.7. The summed E-state index contributed by atoms with van der Waals surface area (Å²) in [7, 11) is 1.64. The number of ether oxygens (including phenoxy) is 3. The number of esters is 1. The molecule has 2 aromatic carbocycles. The lowest BCUT2D eigenvalue weighted by Gasteiger charge is -2.28. The van der Waals surface area contributed by atoms with E-state index in [0.29, 0.717) is 11.3 Å². The monoisotopic (exact) mass is 666 g/mol. The second-order valence-corrected chi connectivity index (χ2v) is 10.5. The molecule has 0 amide bonds. The number of carbonyl (C=O) groups is 1. The van der Waals surface area contributed by atoms with Gasteiger partial charge in [0.2, 0.25) is 0 Å². The van der Waals surface area contributed by atoms with Crippen molar-refractivity contribution in [2.45, 2.75) is 26.2 Å². The maximum atomic E-state index is 11.5. The van der Waals surface area contributed by atoms with Crippen molar-refractivity contribution in [3.63, 3.8) is 0 Å². The van der Waals surface area contributed by atoms with Crippen LogP contribution >= 0.6 is 63.7 Å². The van der Waals surface area contributed by atoms with Crippen LogP contribution in [0.1, 0.15) is 31.9 Å². The number of halogens is 4. The van der Waals surface area contributed by atoms with Gasteiger partial charge in [-0.15, -0.1) is 0 Å². The van der Waals surface area contributed by atoms with Crippen LogP contribution in [-0.4, -0.2) is 26.3 Å². The van der Waals surface area contributed by atoms with Crippen molar-refractivity contribution in [2.24, 2.45) is 0 Å². The molecule has 0 N–H and O–H groups in total. The fourth-order valence-electron chi connectivity index (χ4n) is 2.74. The Kier molecular flexibility index (Phi) is 9.04. The fraction of sp³-hybridized carbons (Fsp3) is 0.318. The maximum Gasteiger partial charge on any atom is 0.333 e. The summed E-state index contributed by atoms with van der Waals surface area (Å²) in [5.41, 5.74) is 2.27. The molecular formula is C22H22Br4O4. The van der Waals surface area contributed by atoms with Crippen molar-refractivity contribution in [3.8, 4) is 11.5 Å². The average molecular weight is 670 g/mol. The molecule has 162 valence electrons. The van der Waals surface area contributed by atoms with Crippen molar-refractivity contribution in [2.75, 3.05) is 20.3 Å². The lowest BCUT2D eigenvalue weighted by molar-refractivity contribution is -0.139. The molecule has 0 aromatic heterocycles. The molecule has 0 heterocycles. The van der Waals surface area contributed by atoms with Crippen molar-refractivity contribution < 1.29 is 19.0 Å². The summed E-state index contributed by atoms with van der Waals surface area (Å²) in [6.45, 7) is 9.85. The number of benzene rings is 2. The molecule has 0 saturated carbocycles. The van der Waals surface area contributed by atoms with Gasteiger partial charge in [0.25, 0.3) is 0 Å². The molecule has 2 aromatic rings. The molecule has 0 bridgehead atoms. The zero-order valence-electron chi connectivity index (χ0n) is 17.1. The van der Waals surface area contributed by atoms with Crippen molar-refractivity contribution in [3.05, 3.63) is 65.4 Å². The van der Waals surface area contributed by atoms with Gasteiger partial charge in [0, 0.05) is 11.0 Å². The molecular weight excluding hydrogens is 648 g/mol. The Morgan fingerprint density at radius 1 is 0.900 bits per heavy atom. The van der Waals surface area contributed by atoms with E-state index in [1.54, 1.807) is 14.0 Å². The molecule has 0 aliphatic carbocycles. The van der Waals surface area contributed by atoms with E-state index in [9.17, 15) is 4.79 Å². The van der Waals surface area contributed by atoms with Gasteiger partial charge in [0.05, 0.1) is 25.0 Å². The minimum absolute atomic E-state index is 0.145. The molecule has 0 unspecified atom stereocenters. The van der Waals surface area contributed by atoms with Crippen LogP contribution in [0.3, 0.4) is 0 Å². The van der Waals surface area contributed by atoms with E-state index in [2.05, 4.69) is 96.3 Å². The Labute approximate surface area is 210 Å². The van der Waals surface area contributed by atoms with Crippen LogP contribution < -0.4 is 9.47 Å². The van der Waals surface area contributed by atoms with Crippen molar-refractivity contribution in [1.29, 1.82) is 0 Å². The molecule has 30 heavy (non-hydrogen) atoms. The molecule has 0 aliphatic heterocycles. The van der Waals surface area contributed by atoms with E-state index in [4.69, 9.17) is 14.2 Å². The molecule has 0 fully saturated rings. The van der Waals surface area contributed by atoms with Gasteiger partial charge >= 0.3 is 5.97 Å². The zero-order valence-corrected chi connectivity index (χ0v) is 23.4. The van der Waals surface area contributed by atoms with Gasteiger partial charge in [-0.25, -0.2) is 4.79 Å². The Bertz CT molecular complexity index is 924. The third-order valence-corrected chi connectivity index (χ3v) is 6.91. The standard InChI is InChI=1S/C22H22Br4O4/c1-12(2)21(27)30-7-6-29-20-17(25)10-14(11-18(20)26)22(3,4)13-8-15(23)19(28-5)16(24)9-13/h8-11H,1,6-7H2,2-5H3. The summed E-state index contributed by atoms with van der Waals surface area (Å²) in [4.78, 5) is 11.5. The van der Waals surface area contributed by atoms with Gasteiger partial charge < -0.3 is 14.2 Å². The van der Waals surface area contributed by atoms with E-state index in [-0.39, 0.29) is 18.6 Å². The van der Waals surface area contributed by atoms with Gasteiger partial charge in [-0.05, 0) is 106 Å². The summed E-state index contributed by atoms with van der Waals surface area (Å²) in [5, 5.41) is 0. The summed E-state index contributed by atoms with van der Waals surface area (Å²) in [6.07, 6.45) is 0. The first-order chi connectivity index (χ1) is 14.0. The van der Waals surface area contributed by atoms with Crippen LogP contribution in [0.25, 0.3) is 0 Å². The van der Waals surface area contributed by atoms with Gasteiger partial charge in [0.1, 0.15) is 24.7 Å². The number of hydrogen-bond donors (Lipinski definition) is 0. The van der Waals surface area contributed by atoms with E-state index in [0.717, 1.165) is 34.8 Å². The minimum atomic E-state index is -0.425. The van der Waals surface area contributed by atoms with Crippen molar-refractivity contribution >= 4 is 69.7 Å². The number of rotatable bonds is 8. The molecule has 8 heteroatoms. The first-order valence-corrected chi connectivity index (χ1v) is 12.1. The van der Waals surface area contributed by atoms with Crippen LogP contribution in [-0.2, 0) is 14.9 Å². The molecule has 0 saturated heterocycles. The van der Waals surface area contributed by atoms with Crippen molar-refractivity contribution in [1.82, 2.24) is 0 Å². The predicted molar refractivity (Wildman–Crippen MR) is 134 cm³/mol. The normalized spacial score (nSPS) is 11.2. The molecule has 0 spiro atoms. The van der Waals surface area contributed by atoms with Crippen LogP contribution in [0.2, 0.25) is 0 Å². The topological polar surface area (TPSA) is 44.8 Å². The van der Waals surface area contributed by atoms with Crippen LogP contribution in [0.4, 0.5) is 0 Å². The number of methoxy groups -OCH3 is 1. The van der Waals surface area contributed by atoms with E-state index in [1.807, 2.05) is 12.1 Å². The van der Waals surface area contributed by atoms with Crippen LogP contribution in [0, 0.1) is 0 Å². The zero-order chi connectivity index (χ0) is 22.6. The van der Waals surface area contributed by atoms with Crippen LogP contribution in [0.15, 0.2) is 54.3 Å². The summed E-state index contributed by atoms with van der Waals surface area (Å²) >= 11 is 14.4. The smallest absolute Gasteiger partial charge is 0.333 e. The van der Waals surface area contributed by atoms with E-state index in [1.165, 1.54) is 0 Å². The quantitative estimate of drug-likeness (QED) is 0.165. The molecule has 2 rings (SSSR count). The highest BCUT2D eigenvalue weighted by Crippen LogP contribution is 2.43. The SMILES string of the molecule is C=C(C)C(=O)OCCOc1c(Br)cc(C(C)(C)c2cc(Br)c(OC)c(Br)c2)cc1Br. The third kappa shape index (κ3) is 5.90. The third-order valence-electron chi connectivity index (χ3n) is 4.56. The molecule has 4 nitrogen and oxygen atoms in total. The predicted octanol–water partition coefficient (Wildman–Crippen LogP) is 7.57. The first-order valence-electron chi connectivity index (χ1n) is 8.97. The Morgan fingerprint density at radius 2 is 1.33 bits per heavy atom. The number of carbonyl (C=O) groups excluding carboxylic acids is 1. The first kappa shape index (κ1) is 25.4. The minimum Gasteiger partial charge on any atom is -0.494 e. The lowest BCUT2D eigenvalue weighted by Crippen LogP contribution is -2.19. The summed E-state index contributed by atoms with van der Waals surface area (Å²) in [6, 6.07) is 8.19. The second kappa shape index (κ2) is 10.7. The molecule has 0 atom stereocenters. The van der Waals surface area contributed by atoms with Gasteiger partial charge in [-0.2, -0.15) is 0 Å². The lowest BCUT2D eigenvalue weighted by atomic mass is 9.78. The average Bonchev–Trinajstić information content (AvgIpc) is 2.65. The molecule has 0 radical (unpaired) electrons. The second-order valence-electron chi connectivity index (χ2n) is 7.13. The van der Waals surface area contributed by atoms with E-state index >= 15 is 0 Å². The Hall–Kier alpha value is -0.830. The maximum absolute atomic E-state index is 11.5. The Morgan fingerprint density at radius 3 is 1.73 bits per heavy atom.